The van der Waals surface area contributed by atoms with Crippen LogP contribution in [0.4, 0.5) is 0 Å². The summed E-state index contributed by atoms with van der Waals surface area (Å²) in [6, 6.07) is 3.83. The summed E-state index contributed by atoms with van der Waals surface area (Å²) in [5.74, 6) is 1.43. The van der Waals surface area contributed by atoms with Gasteiger partial charge in [-0.1, -0.05) is 18.5 Å². The van der Waals surface area contributed by atoms with Gasteiger partial charge in [0.2, 0.25) is 0 Å². The number of carbonyl (C=O) groups excluding carboxylic acids is 1. The molecular weight excluding hydrogens is 228 g/mol. The van der Waals surface area contributed by atoms with Crippen molar-refractivity contribution in [1.29, 1.82) is 0 Å². The van der Waals surface area contributed by atoms with Crippen molar-refractivity contribution in [3.05, 3.63) is 21.3 Å². The van der Waals surface area contributed by atoms with Gasteiger partial charge in [-0.2, -0.15) is 0 Å². The van der Waals surface area contributed by atoms with E-state index in [0.29, 0.717) is 18.1 Å². The molecule has 0 saturated heterocycles. The Morgan fingerprint density at radius 1 is 1.53 bits per heavy atom. The molecular formula is C12H15ClOS. The van der Waals surface area contributed by atoms with Crippen molar-refractivity contribution in [2.75, 3.05) is 0 Å². The van der Waals surface area contributed by atoms with Crippen LogP contribution < -0.4 is 0 Å². The van der Waals surface area contributed by atoms with Gasteiger partial charge in [0, 0.05) is 17.2 Å². The summed E-state index contributed by atoms with van der Waals surface area (Å²) in [4.78, 5) is 13.0. The van der Waals surface area contributed by atoms with E-state index < -0.39 is 0 Å². The van der Waals surface area contributed by atoms with Crippen LogP contribution in [0.2, 0.25) is 4.34 Å². The van der Waals surface area contributed by atoms with E-state index in [1.54, 1.807) is 0 Å². The Morgan fingerprint density at radius 3 is 2.87 bits per heavy atom. The number of hydrogen-bond donors (Lipinski definition) is 0. The van der Waals surface area contributed by atoms with Gasteiger partial charge in [-0.15, -0.1) is 11.3 Å². The first-order chi connectivity index (χ1) is 7.15. The molecule has 0 spiro atoms. The molecule has 1 aromatic rings. The summed E-state index contributed by atoms with van der Waals surface area (Å²) >= 11 is 7.35. The smallest absolute Gasteiger partial charge is 0.141 e. The fraction of sp³-hybridized carbons (Fsp3) is 0.583. The Morgan fingerprint density at radius 2 is 2.33 bits per heavy atom. The molecule has 3 heteroatoms. The van der Waals surface area contributed by atoms with E-state index in [1.807, 2.05) is 12.1 Å². The number of halogens is 1. The van der Waals surface area contributed by atoms with Gasteiger partial charge in [0.1, 0.15) is 5.78 Å². The average molecular weight is 243 g/mol. The largest absolute Gasteiger partial charge is 0.299 e. The normalized spacial score (nSPS) is 25.7. The van der Waals surface area contributed by atoms with Crippen LogP contribution in [0.3, 0.4) is 0 Å². The first-order valence-electron chi connectivity index (χ1n) is 5.42. The molecule has 0 amide bonds. The van der Waals surface area contributed by atoms with Crippen LogP contribution in [0.1, 0.15) is 31.1 Å². The van der Waals surface area contributed by atoms with Gasteiger partial charge in [-0.05, 0) is 37.3 Å². The van der Waals surface area contributed by atoms with Crippen molar-refractivity contribution >= 4 is 28.7 Å². The van der Waals surface area contributed by atoms with Crippen LogP contribution in [0.5, 0.6) is 0 Å². The van der Waals surface area contributed by atoms with Crippen molar-refractivity contribution in [2.45, 2.75) is 32.6 Å². The molecule has 0 radical (unpaired) electrons. The predicted octanol–water partition coefficient (Wildman–Crippen LogP) is 3.95. The van der Waals surface area contributed by atoms with Crippen molar-refractivity contribution in [3.63, 3.8) is 0 Å². The first kappa shape index (κ1) is 11.2. The van der Waals surface area contributed by atoms with Gasteiger partial charge >= 0.3 is 0 Å². The summed E-state index contributed by atoms with van der Waals surface area (Å²) in [5, 5.41) is 0. The molecule has 1 saturated carbocycles. The average Bonchev–Trinajstić information content (AvgIpc) is 2.75. The van der Waals surface area contributed by atoms with E-state index >= 15 is 0 Å². The van der Waals surface area contributed by atoms with Crippen LogP contribution >= 0.6 is 22.9 Å². The zero-order chi connectivity index (χ0) is 10.8. The maximum absolute atomic E-state index is 11.9. The van der Waals surface area contributed by atoms with E-state index in [0.717, 1.165) is 28.0 Å². The summed E-state index contributed by atoms with van der Waals surface area (Å²) in [6.07, 6.45) is 3.95. The highest BCUT2D eigenvalue weighted by Gasteiger charge is 2.27. The number of carbonyl (C=O) groups is 1. The number of ketones is 1. The Labute approximate surface area is 99.5 Å². The van der Waals surface area contributed by atoms with Crippen molar-refractivity contribution in [3.8, 4) is 0 Å². The minimum Gasteiger partial charge on any atom is -0.299 e. The summed E-state index contributed by atoms with van der Waals surface area (Å²) in [7, 11) is 0. The lowest BCUT2D eigenvalue weighted by molar-refractivity contribution is -0.122. The lowest BCUT2D eigenvalue weighted by atomic mass is 9.98. The molecule has 1 aliphatic carbocycles. The predicted molar refractivity (Wildman–Crippen MR) is 64.5 cm³/mol. The fourth-order valence-electron chi connectivity index (χ4n) is 2.26. The minimum absolute atomic E-state index is 0.306. The monoisotopic (exact) mass is 242 g/mol. The van der Waals surface area contributed by atoms with Gasteiger partial charge in [-0.25, -0.2) is 0 Å². The van der Waals surface area contributed by atoms with E-state index in [4.69, 9.17) is 11.6 Å². The standard InChI is InChI=1S/C12H15ClOS/c1-8-2-3-9(6-8)11(14)7-10-4-5-12(13)15-10/h4-5,8-9H,2-3,6-7H2,1H3. The third-order valence-corrected chi connectivity index (χ3v) is 4.36. The molecule has 2 rings (SSSR count). The van der Waals surface area contributed by atoms with Gasteiger partial charge in [0.25, 0.3) is 0 Å². The molecule has 15 heavy (non-hydrogen) atoms. The molecule has 1 aliphatic rings. The van der Waals surface area contributed by atoms with Crippen LogP contribution in [0.15, 0.2) is 12.1 Å². The Bertz CT molecular complexity index is 358. The lowest BCUT2D eigenvalue weighted by Gasteiger charge is -2.06. The molecule has 1 aromatic heterocycles. The Hall–Kier alpha value is -0.340. The number of rotatable bonds is 3. The molecule has 0 bridgehead atoms. The van der Waals surface area contributed by atoms with E-state index in [1.165, 1.54) is 17.8 Å². The number of thiophene rings is 1. The number of Topliss-reactive ketones (excluding diaryl/α,β-unsaturated/α-hetero) is 1. The van der Waals surface area contributed by atoms with Gasteiger partial charge < -0.3 is 0 Å². The lowest BCUT2D eigenvalue weighted by Crippen LogP contribution is -2.13. The zero-order valence-electron chi connectivity index (χ0n) is 8.83. The fourth-order valence-corrected chi connectivity index (χ4v) is 3.36. The second-order valence-corrected chi connectivity index (χ2v) is 6.26. The van der Waals surface area contributed by atoms with Gasteiger partial charge in [0.05, 0.1) is 4.34 Å². The van der Waals surface area contributed by atoms with Crippen LogP contribution in [0, 0.1) is 11.8 Å². The summed E-state index contributed by atoms with van der Waals surface area (Å²) in [5.41, 5.74) is 0. The molecule has 2 atom stereocenters. The molecule has 1 fully saturated rings. The molecule has 1 nitrogen and oxygen atoms in total. The van der Waals surface area contributed by atoms with Crippen molar-refractivity contribution in [1.82, 2.24) is 0 Å². The molecule has 1 heterocycles. The van der Waals surface area contributed by atoms with Crippen LogP contribution in [0.25, 0.3) is 0 Å². The van der Waals surface area contributed by atoms with E-state index in [-0.39, 0.29) is 0 Å². The minimum atomic E-state index is 0.306. The Kier molecular flexibility index (Phi) is 3.47. The molecule has 82 valence electrons. The summed E-state index contributed by atoms with van der Waals surface area (Å²) < 4.78 is 0.776. The van der Waals surface area contributed by atoms with Crippen LogP contribution in [-0.2, 0) is 11.2 Å². The SMILES string of the molecule is CC1CCC(C(=O)Cc2ccc(Cl)s2)C1. The molecule has 0 N–H and O–H groups in total. The maximum atomic E-state index is 11.9. The van der Waals surface area contributed by atoms with Crippen molar-refractivity contribution in [2.24, 2.45) is 11.8 Å². The van der Waals surface area contributed by atoms with Gasteiger partial charge in [0.15, 0.2) is 0 Å². The Balaban J connectivity index is 1.92. The van der Waals surface area contributed by atoms with E-state index in [9.17, 15) is 4.79 Å². The zero-order valence-corrected chi connectivity index (χ0v) is 10.4. The summed E-state index contributed by atoms with van der Waals surface area (Å²) in [6.45, 7) is 2.23. The van der Waals surface area contributed by atoms with Crippen LogP contribution in [-0.4, -0.2) is 5.78 Å². The quantitative estimate of drug-likeness (QED) is 0.785. The third kappa shape index (κ3) is 2.82. The second-order valence-electron chi connectivity index (χ2n) is 4.46. The first-order valence-corrected chi connectivity index (χ1v) is 6.61. The highest BCUT2D eigenvalue weighted by molar-refractivity contribution is 7.16. The van der Waals surface area contributed by atoms with Crippen molar-refractivity contribution < 1.29 is 4.79 Å². The topological polar surface area (TPSA) is 17.1 Å². The number of hydrogen-bond acceptors (Lipinski definition) is 2. The second kappa shape index (κ2) is 4.67. The third-order valence-electron chi connectivity index (χ3n) is 3.13. The highest BCUT2D eigenvalue weighted by Crippen LogP contribution is 2.32. The molecule has 0 aliphatic heterocycles. The highest BCUT2D eigenvalue weighted by atomic mass is 35.5. The van der Waals surface area contributed by atoms with E-state index in [2.05, 4.69) is 6.92 Å². The molecule has 2 unspecified atom stereocenters. The molecule has 0 aromatic carbocycles. The maximum Gasteiger partial charge on any atom is 0.141 e. The van der Waals surface area contributed by atoms with Gasteiger partial charge in [-0.3, -0.25) is 4.79 Å².